The van der Waals surface area contributed by atoms with Crippen LogP contribution in [0.5, 0.6) is 0 Å². The van der Waals surface area contributed by atoms with Crippen LogP contribution >= 0.6 is 0 Å². The normalized spacial score (nSPS) is 13.4. The van der Waals surface area contributed by atoms with Crippen LogP contribution in [0.2, 0.25) is 0 Å². The van der Waals surface area contributed by atoms with E-state index in [4.69, 9.17) is 4.74 Å². The summed E-state index contributed by atoms with van der Waals surface area (Å²) >= 11 is 0. The third-order valence-electron chi connectivity index (χ3n) is 6.01. The highest BCUT2D eigenvalue weighted by molar-refractivity contribution is 6.02. The Labute approximate surface area is 207 Å². The van der Waals surface area contributed by atoms with Crippen molar-refractivity contribution in [1.29, 1.82) is 0 Å². The smallest absolute Gasteiger partial charge is 0.328 e. The molecule has 0 saturated carbocycles. The van der Waals surface area contributed by atoms with Crippen molar-refractivity contribution >= 4 is 29.3 Å². The molecule has 3 aromatic carbocycles. The fourth-order valence-corrected chi connectivity index (χ4v) is 4.23. The SMILES string of the molecule is COC(=O)[C@H](C(C)C)N1Cc2ccc(-c3ccc(NC(=O)Nc4ccc(F)cc4F)cc3)cc2C1=O. The van der Waals surface area contributed by atoms with Crippen LogP contribution in [0, 0.1) is 17.6 Å². The van der Waals surface area contributed by atoms with E-state index in [9.17, 15) is 23.2 Å². The quantitative estimate of drug-likeness (QED) is 0.449. The van der Waals surface area contributed by atoms with Crippen LogP contribution in [0.25, 0.3) is 11.1 Å². The second-order valence-electron chi connectivity index (χ2n) is 8.80. The molecule has 0 unspecified atom stereocenters. The summed E-state index contributed by atoms with van der Waals surface area (Å²) in [6, 6.07) is 14.0. The molecule has 36 heavy (non-hydrogen) atoms. The number of carbonyl (C=O) groups is 3. The minimum absolute atomic E-state index is 0.105. The van der Waals surface area contributed by atoms with Gasteiger partial charge in [-0.15, -0.1) is 0 Å². The van der Waals surface area contributed by atoms with Crippen molar-refractivity contribution in [2.45, 2.75) is 26.4 Å². The lowest BCUT2D eigenvalue weighted by Gasteiger charge is -2.28. The van der Waals surface area contributed by atoms with Gasteiger partial charge in [0.25, 0.3) is 5.91 Å². The standard InChI is InChI=1S/C27H25F2N3O4/c1-15(2)24(26(34)36-3)32-14-18-5-4-17(12-21(18)25(32)33)16-6-9-20(10-7-16)30-27(35)31-23-11-8-19(28)13-22(23)29/h4-13,15,24H,14H2,1-3H3,(H2,30,31,35)/t24-/m0/s1. The number of amides is 3. The molecular formula is C27H25F2N3O4. The van der Waals surface area contributed by atoms with Crippen molar-refractivity contribution in [3.8, 4) is 11.1 Å². The summed E-state index contributed by atoms with van der Waals surface area (Å²) in [6.45, 7) is 4.07. The number of esters is 1. The zero-order chi connectivity index (χ0) is 26.0. The van der Waals surface area contributed by atoms with Gasteiger partial charge in [0.15, 0.2) is 0 Å². The van der Waals surface area contributed by atoms with Gasteiger partial charge in [-0.3, -0.25) is 4.79 Å². The summed E-state index contributed by atoms with van der Waals surface area (Å²) in [5, 5.41) is 4.92. The second kappa shape index (κ2) is 10.2. The first-order valence-electron chi connectivity index (χ1n) is 11.3. The van der Waals surface area contributed by atoms with E-state index in [1.165, 1.54) is 7.11 Å². The van der Waals surface area contributed by atoms with E-state index in [1.807, 2.05) is 26.0 Å². The molecule has 9 heteroatoms. The summed E-state index contributed by atoms with van der Waals surface area (Å²) in [4.78, 5) is 39.1. The van der Waals surface area contributed by atoms with E-state index in [2.05, 4.69) is 10.6 Å². The lowest BCUT2D eigenvalue weighted by Crippen LogP contribution is -2.45. The van der Waals surface area contributed by atoms with Crippen LogP contribution in [-0.4, -0.2) is 36.0 Å². The number of urea groups is 1. The van der Waals surface area contributed by atoms with Gasteiger partial charge in [-0.05, 0) is 52.9 Å². The first-order chi connectivity index (χ1) is 17.2. The molecule has 186 valence electrons. The Morgan fingerprint density at radius 1 is 0.944 bits per heavy atom. The molecule has 0 aromatic heterocycles. The molecule has 1 atom stereocenters. The number of anilines is 2. The van der Waals surface area contributed by atoms with Gasteiger partial charge in [-0.25, -0.2) is 18.4 Å². The molecule has 1 aliphatic heterocycles. The number of halogens is 2. The van der Waals surface area contributed by atoms with E-state index >= 15 is 0 Å². The van der Waals surface area contributed by atoms with Crippen molar-refractivity contribution in [2.75, 3.05) is 17.7 Å². The predicted molar refractivity (Wildman–Crippen MR) is 131 cm³/mol. The van der Waals surface area contributed by atoms with Crippen molar-refractivity contribution in [3.05, 3.63) is 83.4 Å². The van der Waals surface area contributed by atoms with E-state index in [-0.39, 0.29) is 17.5 Å². The summed E-state index contributed by atoms with van der Waals surface area (Å²) in [5.74, 6) is -2.39. The van der Waals surface area contributed by atoms with E-state index in [0.717, 1.165) is 28.8 Å². The minimum Gasteiger partial charge on any atom is -0.467 e. The molecule has 0 aliphatic carbocycles. The number of carbonyl (C=O) groups excluding carboxylic acids is 3. The Balaban J connectivity index is 1.47. The number of fused-ring (bicyclic) bond motifs is 1. The molecular weight excluding hydrogens is 468 g/mol. The fraction of sp³-hybridized carbons (Fsp3) is 0.222. The maximum Gasteiger partial charge on any atom is 0.328 e. The molecule has 0 saturated heterocycles. The Morgan fingerprint density at radius 2 is 1.64 bits per heavy atom. The summed E-state index contributed by atoms with van der Waals surface area (Å²) in [5.41, 5.74) is 3.29. The van der Waals surface area contributed by atoms with Crippen LogP contribution in [0.4, 0.5) is 25.0 Å². The molecule has 0 spiro atoms. The van der Waals surface area contributed by atoms with E-state index < -0.39 is 29.7 Å². The second-order valence-corrected chi connectivity index (χ2v) is 8.80. The third kappa shape index (κ3) is 5.05. The molecule has 1 aliphatic rings. The molecule has 4 rings (SSSR count). The van der Waals surface area contributed by atoms with Crippen LogP contribution in [-0.2, 0) is 16.1 Å². The number of methoxy groups -OCH3 is 1. The maximum atomic E-state index is 13.7. The van der Waals surface area contributed by atoms with Gasteiger partial charge < -0.3 is 20.3 Å². The van der Waals surface area contributed by atoms with Crippen LogP contribution in [0.15, 0.2) is 60.7 Å². The van der Waals surface area contributed by atoms with Crippen molar-refractivity contribution in [2.24, 2.45) is 5.92 Å². The van der Waals surface area contributed by atoms with Crippen molar-refractivity contribution in [3.63, 3.8) is 0 Å². The number of hydrogen-bond donors (Lipinski definition) is 2. The highest BCUT2D eigenvalue weighted by Gasteiger charge is 2.38. The molecule has 0 radical (unpaired) electrons. The van der Waals surface area contributed by atoms with Crippen LogP contribution in [0.1, 0.15) is 29.8 Å². The summed E-state index contributed by atoms with van der Waals surface area (Å²) in [6.07, 6.45) is 0. The maximum absolute atomic E-state index is 13.7. The highest BCUT2D eigenvalue weighted by Crippen LogP contribution is 2.32. The largest absolute Gasteiger partial charge is 0.467 e. The number of benzene rings is 3. The molecule has 3 amide bonds. The Bertz CT molecular complexity index is 1330. The summed E-state index contributed by atoms with van der Waals surface area (Å²) in [7, 11) is 1.31. The predicted octanol–water partition coefficient (Wildman–Crippen LogP) is 5.43. The number of nitrogens with zero attached hydrogens (tertiary/aromatic N) is 1. The first kappa shape index (κ1) is 24.8. The molecule has 7 nitrogen and oxygen atoms in total. The van der Waals surface area contributed by atoms with Gasteiger partial charge >= 0.3 is 12.0 Å². The van der Waals surface area contributed by atoms with E-state index in [0.29, 0.717) is 23.9 Å². The minimum atomic E-state index is -0.878. The molecule has 2 N–H and O–H groups in total. The van der Waals surface area contributed by atoms with Gasteiger partial charge in [0.05, 0.1) is 12.8 Å². The first-order valence-corrected chi connectivity index (χ1v) is 11.3. The van der Waals surface area contributed by atoms with Crippen molar-refractivity contribution < 1.29 is 27.9 Å². The fourth-order valence-electron chi connectivity index (χ4n) is 4.23. The van der Waals surface area contributed by atoms with Gasteiger partial charge in [0, 0.05) is 23.9 Å². The Hall–Kier alpha value is -4.27. The van der Waals surface area contributed by atoms with Crippen LogP contribution in [0.3, 0.4) is 0 Å². The number of rotatable bonds is 6. The average Bonchev–Trinajstić information content (AvgIpc) is 3.16. The van der Waals surface area contributed by atoms with E-state index in [1.54, 1.807) is 35.2 Å². The van der Waals surface area contributed by atoms with Gasteiger partial charge in [0.1, 0.15) is 17.7 Å². The van der Waals surface area contributed by atoms with Crippen LogP contribution < -0.4 is 10.6 Å². The topological polar surface area (TPSA) is 87.7 Å². The number of hydrogen-bond acceptors (Lipinski definition) is 4. The van der Waals surface area contributed by atoms with Gasteiger partial charge in [0.2, 0.25) is 0 Å². The molecule has 3 aromatic rings. The third-order valence-corrected chi connectivity index (χ3v) is 6.01. The lowest BCUT2D eigenvalue weighted by molar-refractivity contribution is -0.147. The lowest BCUT2D eigenvalue weighted by atomic mass is 10.00. The zero-order valence-electron chi connectivity index (χ0n) is 20.0. The molecule has 1 heterocycles. The number of ether oxygens (including phenoxy) is 1. The zero-order valence-corrected chi connectivity index (χ0v) is 20.0. The molecule has 0 bridgehead atoms. The monoisotopic (exact) mass is 493 g/mol. The average molecular weight is 494 g/mol. The van der Waals surface area contributed by atoms with Gasteiger partial charge in [-0.2, -0.15) is 0 Å². The Kier molecular flexibility index (Phi) is 7.00. The van der Waals surface area contributed by atoms with Gasteiger partial charge in [-0.1, -0.05) is 38.1 Å². The Morgan fingerprint density at radius 3 is 2.28 bits per heavy atom. The van der Waals surface area contributed by atoms with Crippen molar-refractivity contribution in [1.82, 2.24) is 4.90 Å². The summed E-state index contributed by atoms with van der Waals surface area (Å²) < 4.78 is 31.7. The molecule has 0 fully saturated rings. The number of nitrogens with one attached hydrogen (secondary N) is 2. The highest BCUT2D eigenvalue weighted by atomic mass is 19.1.